The largest absolute Gasteiger partial charge is 0.480 e. The zero-order chi connectivity index (χ0) is 12.3. The molecule has 3 nitrogen and oxygen atoms in total. The molecule has 0 aliphatic carbocycles. The first-order valence-electron chi connectivity index (χ1n) is 5.85. The number of carboxylic acid groups (broad SMARTS) is 1. The van der Waals surface area contributed by atoms with Crippen molar-refractivity contribution in [3.8, 4) is 0 Å². The van der Waals surface area contributed by atoms with Gasteiger partial charge in [0.2, 0.25) is 0 Å². The minimum atomic E-state index is -0.783. The van der Waals surface area contributed by atoms with Gasteiger partial charge in [-0.05, 0) is 49.9 Å². The number of aliphatic carboxylic acids is 1. The Labute approximate surface area is 99.7 Å². The number of carbonyl (C=O) groups is 1. The van der Waals surface area contributed by atoms with Crippen LogP contribution in [-0.4, -0.2) is 23.2 Å². The van der Waals surface area contributed by atoms with E-state index < -0.39 is 11.5 Å². The van der Waals surface area contributed by atoms with Crippen LogP contribution in [0, 0.1) is 5.82 Å². The standard InChI is InChI=1S/C13H16FNO2/c14-11-4-2-10(3-5-11)6-8-13(12(16)17)7-1-9-15-13/h2-5,15H,1,6-9H2,(H,16,17). The maximum Gasteiger partial charge on any atom is 0.323 e. The van der Waals surface area contributed by atoms with Gasteiger partial charge in [-0.2, -0.15) is 0 Å². The predicted octanol–water partition coefficient (Wildman–Crippen LogP) is 1.97. The molecule has 0 radical (unpaired) electrons. The van der Waals surface area contributed by atoms with Gasteiger partial charge in [-0.25, -0.2) is 4.39 Å². The number of rotatable bonds is 4. The van der Waals surface area contributed by atoms with E-state index in [0.717, 1.165) is 18.5 Å². The molecule has 0 bridgehead atoms. The smallest absolute Gasteiger partial charge is 0.323 e. The van der Waals surface area contributed by atoms with Gasteiger partial charge in [-0.1, -0.05) is 12.1 Å². The number of carboxylic acids is 1. The molecule has 1 fully saturated rings. The van der Waals surface area contributed by atoms with Crippen molar-refractivity contribution in [1.82, 2.24) is 5.32 Å². The van der Waals surface area contributed by atoms with E-state index >= 15 is 0 Å². The summed E-state index contributed by atoms with van der Waals surface area (Å²) in [6, 6.07) is 6.23. The van der Waals surface area contributed by atoms with E-state index in [1.54, 1.807) is 12.1 Å². The van der Waals surface area contributed by atoms with Gasteiger partial charge in [0, 0.05) is 0 Å². The molecule has 92 valence electrons. The third-order valence-electron chi connectivity index (χ3n) is 3.41. The van der Waals surface area contributed by atoms with Gasteiger partial charge >= 0.3 is 5.97 Å². The molecule has 1 unspecified atom stereocenters. The van der Waals surface area contributed by atoms with Crippen LogP contribution in [-0.2, 0) is 11.2 Å². The summed E-state index contributed by atoms with van der Waals surface area (Å²) in [6.45, 7) is 0.760. The third-order valence-corrected chi connectivity index (χ3v) is 3.41. The summed E-state index contributed by atoms with van der Waals surface area (Å²) >= 11 is 0. The molecule has 2 rings (SSSR count). The lowest BCUT2D eigenvalue weighted by molar-refractivity contribution is -0.144. The Kier molecular flexibility index (Phi) is 3.43. The van der Waals surface area contributed by atoms with Gasteiger partial charge < -0.3 is 10.4 Å². The second-order valence-corrected chi connectivity index (χ2v) is 4.54. The van der Waals surface area contributed by atoms with Crippen LogP contribution < -0.4 is 5.32 Å². The lowest BCUT2D eigenvalue weighted by Crippen LogP contribution is -2.47. The zero-order valence-electron chi connectivity index (χ0n) is 9.58. The van der Waals surface area contributed by atoms with E-state index in [2.05, 4.69) is 5.32 Å². The molecule has 1 aromatic rings. The summed E-state index contributed by atoms with van der Waals surface area (Å²) in [5, 5.41) is 12.3. The Morgan fingerprint density at radius 2 is 2.12 bits per heavy atom. The van der Waals surface area contributed by atoms with Crippen molar-refractivity contribution in [3.05, 3.63) is 35.6 Å². The maximum absolute atomic E-state index is 12.7. The van der Waals surface area contributed by atoms with Gasteiger partial charge in [0.1, 0.15) is 11.4 Å². The first kappa shape index (κ1) is 12.0. The first-order valence-corrected chi connectivity index (χ1v) is 5.85. The quantitative estimate of drug-likeness (QED) is 0.841. The molecule has 0 spiro atoms. The summed E-state index contributed by atoms with van der Waals surface area (Å²) in [5.41, 5.74) is 0.190. The highest BCUT2D eigenvalue weighted by Gasteiger charge is 2.40. The number of hydrogen-bond donors (Lipinski definition) is 2. The molecule has 1 heterocycles. The lowest BCUT2D eigenvalue weighted by Gasteiger charge is -2.24. The maximum atomic E-state index is 12.7. The molecule has 1 aliphatic rings. The molecule has 1 aromatic carbocycles. The summed E-state index contributed by atoms with van der Waals surface area (Å²) in [6.07, 6.45) is 2.77. The summed E-state index contributed by atoms with van der Waals surface area (Å²) in [4.78, 5) is 11.3. The van der Waals surface area contributed by atoms with Crippen molar-refractivity contribution < 1.29 is 14.3 Å². The van der Waals surface area contributed by atoms with Gasteiger partial charge in [0.05, 0.1) is 0 Å². The summed E-state index contributed by atoms with van der Waals surface area (Å²) < 4.78 is 12.7. The van der Waals surface area contributed by atoms with Crippen LogP contribution in [0.2, 0.25) is 0 Å². The molecular weight excluding hydrogens is 221 g/mol. The highest BCUT2D eigenvalue weighted by molar-refractivity contribution is 5.79. The van der Waals surface area contributed by atoms with Crippen LogP contribution in [0.25, 0.3) is 0 Å². The van der Waals surface area contributed by atoms with E-state index in [4.69, 9.17) is 0 Å². The Bertz CT molecular complexity index is 396. The number of hydrogen-bond acceptors (Lipinski definition) is 2. The Morgan fingerprint density at radius 3 is 2.65 bits per heavy atom. The molecule has 0 saturated carbocycles. The fourth-order valence-electron chi connectivity index (χ4n) is 2.32. The number of benzene rings is 1. The van der Waals surface area contributed by atoms with Gasteiger partial charge in [0.25, 0.3) is 0 Å². The van der Waals surface area contributed by atoms with Crippen LogP contribution in [0.3, 0.4) is 0 Å². The first-order chi connectivity index (χ1) is 8.12. The zero-order valence-corrected chi connectivity index (χ0v) is 9.58. The lowest BCUT2D eigenvalue weighted by atomic mass is 9.90. The van der Waals surface area contributed by atoms with E-state index in [-0.39, 0.29) is 5.82 Å². The average Bonchev–Trinajstić information content (AvgIpc) is 2.78. The minimum Gasteiger partial charge on any atom is -0.480 e. The van der Waals surface area contributed by atoms with Crippen LogP contribution in [0.1, 0.15) is 24.8 Å². The molecule has 1 aliphatic heterocycles. The van der Waals surface area contributed by atoms with Crippen LogP contribution >= 0.6 is 0 Å². The molecular formula is C13H16FNO2. The third kappa shape index (κ3) is 2.64. The van der Waals surface area contributed by atoms with Crippen LogP contribution in [0.4, 0.5) is 4.39 Å². The second kappa shape index (κ2) is 4.84. The second-order valence-electron chi connectivity index (χ2n) is 4.54. The van der Waals surface area contributed by atoms with E-state index in [0.29, 0.717) is 19.3 Å². The summed E-state index contributed by atoms with van der Waals surface area (Å²) in [5.74, 6) is -1.04. The van der Waals surface area contributed by atoms with Crippen molar-refractivity contribution in [2.45, 2.75) is 31.2 Å². The molecule has 1 saturated heterocycles. The van der Waals surface area contributed by atoms with Crippen molar-refractivity contribution in [2.24, 2.45) is 0 Å². The number of halogens is 1. The molecule has 1 atom stereocenters. The highest BCUT2D eigenvalue weighted by atomic mass is 19.1. The Morgan fingerprint density at radius 1 is 1.41 bits per heavy atom. The average molecular weight is 237 g/mol. The Hall–Kier alpha value is -1.42. The summed E-state index contributed by atoms with van der Waals surface area (Å²) in [7, 11) is 0. The van der Waals surface area contributed by atoms with Crippen molar-refractivity contribution >= 4 is 5.97 Å². The van der Waals surface area contributed by atoms with Crippen LogP contribution in [0.5, 0.6) is 0 Å². The molecule has 17 heavy (non-hydrogen) atoms. The number of aryl methyl sites for hydroxylation is 1. The van der Waals surface area contributed by atoms with E-state index in [1.807, 2.05) is 0 Å². The van der Waals surface area contributed by atoms with Gasteiger partial charge in [0.15, 0.2) is 0 Å². The predicted molar refractivity (Wildman–Crippen MR) is 62.3 cm³/mol. The van der Waals surface area contributed by atoms with E-state index in [9.17, 15) is 14.3 Å². The van der Waals surface area contributed by atoms with Crippen molar-refractivity contribution in [1.29, 1.82) is 0 Å². The molecule has 0 amide bonds. The Balaban J connectivity index is 2.00. The molecule has 2 N–H and O–H groups in total. The fourth-order valence-corrected chi connectivity index (χ4v) is 2.32. The fraction of sp³-hybridized carbons (Fsp3) is 0.462. The highest BCUT2D eigenvalue weighted by Crippen LogP contribution is 2.25. The monoisotopic (exact) mass is 237 g/mol. The SMILES string of the molecule is O=C(O)C1(CCc2ccc(F)cc2)CCCN1. The number of nitrogens with one attached hydrogen (secondary N) is 1. The molecule has 0 aromatic heterocycles. The van der Waals surface area contributed by atoms with Crippen LogP contribution in [0.15, 0.2) is 24.3 Å². The van der Waals surface area contributed by atoms with Crippen molar-refractivity contribution in [3.63, 3.8) is 0 Å². The van der Waals surface area contributed by atoms with E-state index in [1.165, 1.54) is 12.1 Å². The normalized spacial score (nSPS) is 23.8. The van der Waals surface area contributed by atoms with Gasteiger partial charge in [-0.3, -0.25) is 4.79 Å². The minimum absolute atomic E-state index is 0.263. The van der Waals surface area contributed by atoms with Gasteiger partial charge in [-0.15, -0.1) is 0 Å². The topological polar surface area (TPSA) is 49.3 Å². The molecule has 4 heteroatoms. The van der Waals surface area contributed by atoms with Crippen molar-refractivity contribution in [2.75, 3.05) is 6.54 Å².